The number of anilines is 2. The summed E-state index contributed by atoms with van der Waals surface area (Å²) >= 11 is 0. The van der Waals surface area contributed by atoms with E-state index >= 15 is 0 Å². The summed E-state index contributed by atoms with van der Waals surface area (Å²) in [6.07, 6.45) is 3.99. The molecule has 0 aliphatic carbocycles. The van der Waals surface area contributed by atoms with Crippen LogP contribution in [-0.2, 0) is 6.42 Å². The van der Waals surface area contributed by atoms with Crippen LogP contribution in [-0.4, -0.2) is 30.7 Å². The van der Waals surface area contributed by atoms with Gasteiger partial charge in [-0.1, -0.05) is 6.07 Å². The quantitative estimate of drug-likeness (QED) is 0.834. The third-order valence-electron chi connectivity index (χ3n) is 2.82. The van der Waals surface area contributed by atoms with Crippen LogP contribution in [0, 0.1) is 0 Å². The Morgan fingerprint density at radius 1 is 1.15 bits per heavy atom. The number of aromatic nitrogens is 2. The summed E-state index contributed by atoms with van der Waals surface area (Å²) in [6.45, 7) is 0.730. The zero-order valence-corrected chi connectivity index (χ0v) is 11.6. The molecule has 6 heteroatoms. The molecule has 0 aliphatic rings. The lowest BCUT2D eigenvalue weighted by Gasteiger charge is -2.10. The third-order valence-corrected chi connectivity index (χ3v) is 2.82. The van der Waals surface area contributed by atoms with E-state index in [1.165, 1.54) is 6.20 Å². The minimum absolute atomic E-state index is 0.404. The van der Waals surface area contributed by atoms with Gasteiger partial charge in [0.25, 0.3) is 0 Å². The molecule has 0 unspecified atom stereocenters. The van der Waals surface area contributed by atoms with Crippen LogP contribution in [0.15, 0.2) is 30.6 Å². The van der Waals surface area contributed by atoms with Crippen molar-refractivity contribution >= 4 is 11.6 Å². The van der Waals surface area contributed by atoms with E-state index in [9.17, 15) is 0 Å². The fraction of sp³-hybridized carbons (Fsp3) is 0.286. The lowest BCUT2D eigenvalue weighted by molar-refractivity contribution is 0.354. The predicted molar refractivity (Wildman–Crippen MR) is 78.2 cm³/mol. The Bertz CT molecular complexity index is 575. The maximum absolute atomic E-state index is 5.57. The van der Waals surface area contributed by atoms with Crippen molar-refractivity contribution in [2.75, 3.05) is 31.8 Å². The monoisotopic (exact) mass is 274 g/mol. The fourth-order valence-corrected chi connectivity index (χ4v) is 1.84. The molecule has 0 atom stereocenters. The molecule has 0 amide bonds. The molecule has 0 aliphatic heterocycles. The summed E-state index contributed by atoms with van der Waals surface area (Å²) in [5.74, 6) is 2.53. The van der Waals surface area contributed by atoms with Gasteiger partial charge in [0, 0.05) is 6.54 Å². The molecular formula is C14H18N4O2. The minimum atomic E-state index is 0.404. The molecule has 0 saturated carbocycles. The average molecular weight is 274 g/mol. The average Bonchev–Trinajstić information content (AvgIpc) is 2.47. The SMILES string of the molecule is COc1ccc(CCNc2cncc(N)n2)cc1OC. The maximum Gasteiger partial charge on any atom is 0.160 e. The van der Waals surface area contributed by atoms with Gasteiger partial charge in [0.2, 0.25) is 0 Å². The number of hydrogen-bond donors (Lipinski definition) is 2. The summed E-state index contributed by atoms with van der Waals surface area (Å²) in [5.41, 5.74) is 6.71. The molecular weight excluding hydrogens is 256 g/mol. The van der Waals surface area contributed by atoms with Gasteiger partial charge in [-0.15, -0.1) is 0 Å². The van der Waals surface area contributed by atoms with Gasteiger partial charge in [-0.2, -0.15) is 0 Å². The van der Waals surface area contributed by atoms with Gasteiger partial charge >= 0.3 is 0 Å². The van der Waals surface area contributed by atoms with Gasteiger partial charge in [0.1, 0.15) is 11.6 Å². The number of nitrogen functional groups attached to an aromatic ring is 1. The van der Waals surface area contributed by atoms with Crippen LogP contribution in [0.25, 0.3) is 0 Å². The van der Waals surface area contributed by atoms with E-state index in [1.807, 2.05) is 18.2 Å². The fourth-order valence-electron chi connectivity index (χ4n) is 1.84. The Morgan fingerprint density at radius 3 is 2.65 bits per heavy atom. The van der Waals surface area contributed by atoms with Crippen LogP contribution in [0.5, 0.6) is 11.5 Å². The number of rotatable bonds is 6. The van der Waals surface area contributed by atoms with Gasteiger partial charge in [-0.3, -0.25) is 4.98 Å². The van der Waals surface area contributed by atoms with E-state index in [-0.39, 0.29) is 0 Å². The zero-order valence-electron chi connectivity index (χ0n) is 11.6. The molecule has 0 radical (unpaired) electrons. The number of nitrogens with one attached hydrogen (secondary N) is 1. The normalized spacial score (nSPS) is 10.1. The van der Waals surface area contributed by atoms with Crippen LogP contribution < -0.4 is 20.5 Å². The second-order valence-corrected chi connectivity index (χ2v) is 4.20. The highest BCUT2D eigenvalue weighted by molar-refractivity contribution is 5.43. The number of nitrogens with two attached hydrogens (primary N) is 1. The van der Waals surface area contributed by atoms with E-state index < -0.39 is 0 Å². The molecule has 0 saturated heterocycles. The van der Waals surface area contributed by atoms with E-state index in [0.29, 0.717) is 11.6 Å². The van der Waals surface area contributed by atoms with Crippen molar-refractivity contribution in [3.8, 4) is 11.5 Å². The predicted octanol–water partition coefficient (Wildman–Crippen LogP) is 1.73. The lowest BCUT2D eigenvalue weighted by atomic mass is 10.1. The summed E-state index contributed by atoms with van der Waals surface area (Å²) < 4.78 is 10.5. The Hall–Kier alpha value is -2.50. The minimum Gasteiger partial charge on any atom is -0.493 e. The van der Waals surface area contributed by atoms with Crippen LogP contribution >= 0.6 is 0 Å². The number of ether oxygens (including phenoxy) is 2. The summed E-state index contributed by atoms with van der Waals surface area (Å²) in [7, 11) is 3.25. The standard InChI is InChI=1S/C14H18N4O2/c1-19-11-4-3-10(7-12(11)20-2)5-6-17-14-9-16-8-13(15)18-14/h3-4,7-9H,5-6H2,1-2H3,(H3,15,17,18). The third kappa shape index (κ3) is 3.50. The zero-order chi connectivity index (χ0) is 14.4. The Morgan fingerprint density at radius 2 is 1.95 bits per heavy atom. The van der Waals surface area contributed by atoms with E-state index in [1.54, 1.807) is 20.4 Å². The van der Waals surface area contributed by atoms with Crippen molar-refractivity contribution in [3.63, 3.8) is 0 Å². The smallest absolute Gasteiger partial charge is 0.160 e. The number of hydrogen-bond acceptors (Lipinski definition) is 6. The number of nitrogens with zero attached hydrogens (tertiary/aromatic N) is 2. The molecule has 20 heavy (non-hydrogen) atoms. The Balaban J connectivity index is 1.94. The van der Waals surface area contributed by atoms with Crippen molar-refractivity contribution in [2.24, 2.45) is 0 Å². The molecule has 0 spiro atoms. The van der Waals surface area contributed by atoms with Crippen LogP contribution in [0.1, 0.15) is 5.56 Å². The van der Waals surface area contributed by atoms with Crippen molar-refractivity contribution in [2.45, 2.75) is 6.42 Å². The largest absolute Gasteiger partial charge is 0.493 e. The molecule has 1 aromatic heterocycles. The van der Waals surface area contributed by atoms with Crippen molar-refractivity contribution in [1.82, 2.24) is 9.97 Å². The van der Waals surface area contributed by atoms with Crippen LogP contribution in [0.4, 0.5) is 11.6 Å². The van der Waals surface area contributed by atoms with Gasteiger partial charge in [-0.25, -0.2) is 4.98 Å². The van der Waals surface area contributed by atoms with E-state index in [4.69, 9.17) is 15.2 Å². The van der Waals surface area contributed by atoms with Crippen molar-refractivity contribution in [3.05, 3.63) is 36.2 Å². The summed E-state index contributed by atoms with van der Waals surface area (Å²) in [6, 6.07) is 5.87. The summed E-state index contributed by atoms with van der Waals surface area (Å²) in [4.78, 5) is 8.10. The summed E-state index contributed by atoms with van der Waals surface area (Å²) in [5, 5.41) is 3.17. The molecule has 3 N–H and O–H groups in total. The van der Waals surface area contributed by atoms with Crippen molar-refractivity contribution in [1.29, 1.82) is 0 Å². The first-order valence-corrected chi connectivity index (χ1v) is 6.25. The first kappa shape index (κ1) is 13.9. The lowest BCUT2D eigenvalue weighted by Crippen LogP contribution is -2.07. The van der Waals surface area contributed by atoms with Gasteiger partial charge in [0.15, 0.2) is 11.5 Å². The van der Waals surface area contributed by atoms with Crippen molar-refractivity contribution < 1.29 is 9.47 Å². The second-order valence-electron chi connectivity index (χ2n) is 4.20. The molecule has 106 valence electrons. The van der Waals surface area contributed by atoms with E-state index in [2.05, 4.69) is 15.3 Å². The first-order chi connectivity index (χ1) is 9.72. The van der Waals surface area contributed by atoms with Crippen LogP contribution in [0.3, 0.4) is 0 Å². The molecule has 1 heterocycles. The molecule has 0 fully saturated rings. The molecule has 6 nitrogen and oxygen atoms in total. The number of methoxy groups -OCH3 is 2. The molecule has 1 aromatic carbocycles. The highest BCUT2D eigenvalue weighted by Gasteiger charge is 2.04. The molecule has 2 rings (SSSR count). The topological polar surface area (TPSA) is 82.3 Å². The molecule has 2 aromatic rings. The highest BCUT2D eigenvalue weighted by Crippen LogP contribution is 2.27. The highest BCUT2D eigenvalue weighted by atomic mass is 16.5. The Labute approximate surface area is 118 Å². The second kappa shape index (κ2) is 6.60. The van der Waals surface area contributed by atoms with Gasteiger partial charge < -0.3 is 20.5 Å². The number of benzene rings is 1. The maximum atomic E-state index is 5.57. The van der Waals surface area contributed by atoms with E-state index in [0.717, 1.165) is 30.0 Å². The van der Waals surface area contributed by atoms with Gasteiger partial charge in [0.05, 0.1) is 26.6 Å². The molecule has 0 bridgehead atoms. The Kier molecular flexibility index (Phi) is 4.60. The first-order valence-electron chi connectivity index (χ1n) is 6.25. The van der Waals surface area contributed by atoms with Gasteiger partial charge in [-0.05, 0) is 24.1 Å². The van der Waals surface area contributed by atoms with Crippen LogP contribution in [0.2, 0.25) is 0 Å².